The van der Waals surface area contributed by atoms with Gasteiger partial charge in [0, 0.05) is 17.0 Å². The first-order valence-electron chi connectivity index (χ1n) is 5.45. The Labute approximate surface area is 101 Å². The lowest BCUT2D eigenvalue weighted by Gasteiger charge is -2.08. The van der Waals surface area contributed by atoms with Crippen molar-refractivity contribution in [2.24, 2.45) is 0 Å². The molecule has 0 aliphatic rings. The van der Waals surface area contributed by atoms with E-state index in [0.717, 1.165) is 22.5 Å². The maximum atomic E-state index is 9.07. The summed E-state index contributed by atoms with van der Waals surface area (Å²) in [4.78, 5) is 8.90. The van der Waals surface area contributed by atoms with E-state index in [1.54, 1.807) is 6.07 Å². The Kier molecular flexibility index (Phi) is 2.88. The molecule has 0 bridgehead atoms. The molecule has 3 nitrogen and oxygen atoms in total. The number of aryl methyl sites for hydroxylation is 2. The van der Waals surface area contributed by atoms with Crippen LogP contribution in [0, 0.1) is 32.1 Å². The molecule has 0 amide bonds. The number of aromatic nitrogens is 2. The van der Waals surface area contributed by atoms with E-state index in [9.17, 15) is 0 Å². The van der Waals surface area contributed by atoms with Gasteiger partial charge in [-0.25, -0.2) is 9.97 Å². The van der Waals surface area contributed by atoms with Gasteiger partial charge in [0.05, 0.1) is 11.6 Å². The van der Waals surface area contributed by atoms with E-state index < -0.39 is 0 Å². The van der Waals surface area contributed by atoms with Crippen molar-refractivity contribution in [3.05, 3.63) is 46.8 Å². The van der Waals surface area contributed by atoms with Gasteiger partial charge in [-0.3, -0.25) is 0 Å². The molecule has 17 heavy (non-hydrogen) atoms. The van der Waals surface area contributed by atoms with Gasteiger partial charge in [0.15, 0.2) is 5.82 Å². The number of nitriles is 1. The molecule has 0 aliphatic heterocycles. The summed E-state index contributed by atoms with van der Waals surface area (Å²) in [5.41, 5.74) is 4.42. The fourth-order valence-electron chi connectivity index (χ4n) is 1.67. The number of hydrogen-bond acceptors (Lipinski definition) is 3. The number of nitrogens with zero attached hydrogens (tertiary/aromatic N) is 3. The Balaban J connectivity index is 2.66. The molecule has 0 spiro atoms. The summed E-state index contributed by atoms with van der Waals surface area (Å²) in [6, 6.07) is 9.56. The average Bonchev–Trinajstić information content (AvgIpc) is 2.35. The summed E-state index contributed by atoms with van der Waals surface area (Å²) in [5, 5.41) is 9.07. The molecule has 0 unspecified atom stereocenters. The molecule has 0 N–H and O–H groups in total. The van der Waals surface area contributed by atoms with Crippen LogP contribution in [0.4, 0.5) is 0 Å². The third-order valence-electron chi connectivity index (χ3n) is 2.92. The van der Waals surface area contributed by atoms with Gasteiger partial charge in [0.2, 0.25) is 0 Å². The Morgan fingerprint density at radius 3 is 2.18 bits per heavy atom. The van der Waals surface area contributed by atoms with Crippen molar-refractivity contribution in [2.45, 2.75) is 20.8 Å². The zero-order valence-corrected chi connectivity index (χ0v) is 10.2. The van der Waals surface area contributed by atoms with Crippen molar-refractivity contribution in [2.75, 3.05) is 0 Å². The number of hydrogen-bond donors (Lipinski definition) is 0. The van der Waals surface area contributed by atoms with Gasteiger partial charge in [-0.05, 0) is 38.5 Å². The summed E-state index contributed by atoms with van der Waals surface area (Å²) >= 11 is 0. The minimum atomic E-state index is 0.607. The highest BCUT2D eigenvalue weighted by Crippen LogP contribution is 2.21. The van der Waals surface area contributed by atoms with Crippen LogP contribution in [0.3, 0.4) is 0 Å². The predicted octanol–water partition coefficient (Wildman–Crippen LogP) is 2.94. The standard InChI is InChI=1S/C14H13N3/c1-9-10(2)16-14(17-11(9)3)13-7-5-4-6-12(13)8-15/h4-7H,1-3H3. The highest BCUT2D eigenvalue weighted by atomic mass is 14.9. The second-order valence-corrected chi connectivity index (χ2v) is 4.00. The molecule has 1 aromatic heterocycles. The van der Waals surface area contributed by atoms with E-state index >= 15 is 0 Å². The van der Waals surface area contributed by atoms with E-state index in [4.69, 9.17) is 5.26 Å². The predicted molar refractivity (Wildman–Crippen MR) is 66.4 cm³/mol. The van der Waals surface area contributed by atoms with Gasteiger partial charge in [-0.15, -0.1) is 0 Å². The average molecular weight is 223 g/mol. The van der Waals surface area contributed by atoms with Crippen LogP contribution in [0.5, 0.6) is 0 Å². The molecule has 0 fully saturated rings. The lowest BCUT2D eigenvalue weighted by molar-refractivity contribution is 1.02. The molecular weight excluding hydrogens is 210 g/mol. The second kappa shape index (κ2) is 4.34. The van der Waals surface area contributed by atoms with E-state index in [-0.39, 0.29) is 0 Å². The quantitative estimate of drug-likeness (QED) is 0.746. The maximum Gasteiger partial charge on any atom is 0.160 e. The van der Waals surface area contributed by atoms with Gasteiger partial charge < -0.3 is 0 Å². The van der Waals surface area contributed by atoms with Crippen molar-refractivity contribution in [1.29, 1.82) is 5.26 Å². The molecule has 3 heteroatoms. The SMILES string of the molecule is Cc1nc(-c2ccccc2C#N)nc(C)c1C. The minimum Gasteiger partial charge on any atom is -0.233 e. The molecule has 2 rings (SSSR count). The fraction of sp³-hybridized carbons (Fsp3) is 0.214. The third-order valence-corrected chi connectivity index (χ3v) is 2.92. The largest absolute Gasteiger partial charge is 0.233 e. The van der Waals surface area contributed by atoms with Crippen molar-refractivity contribution >= 4 is 0 Å². The summed E-state index contributed by atoms with van der Waals surface area (Å²) in [5.74, 6) is 0.628. The van der Waals surface area contributed by atoms with Crippen LogP contribution in [0.15, 0.2) is 24.3 Å². The number of rotatable bonds is 1. The first kappa shape index (κ1) is 11.3. The molecule has 0 atom stereocenters. The van der Waals surface area contributed by atoms with Crippen LogP contribution >= 0.6 is 0 Å². The molecule has 84 valence electrons. The lowest BCUT2D eigenvalue weighted by Crippen LogP contribution is -2.00. The summed E-state index contributed by atoms with van der Waals surface area (Å²) in [6.45, 7) is 5.93. The van der Waals surface area contributed by atoms with E-state index in [1.165, 1.54) is 0 Å². The maximum absolute atomic E-state index is 9.07. The lowest BCUT2D eigenvalue weighted by atomic mass is 10.1. The molecule has 1 heterocycles. The molecule has 1 aromatic carbocycles. The van der Waals surface area contributed by atoms with E-state index in [2.05, 4.69) is 16.0 Å². The van der Waals surface area contributed by atoms with E-state index in [1.807, 2.05) is 39.0 Å². The van der Waals surface area contributed by atoms with Gasteiger partial charge in [0.1, 0.15) is 0 Å². The van der Waals surface area contributed by atoms with Gasteiger partial charge in [-0.1, -0.05) is 12.1 Å². The molecule has 0 aliphatic carbocycles. The fourth-order valence-corrected chi connectivity index (χ4v) is 1.67. The summed E-state index contributed by atoms with van der Waals surface area (Å²) in [6.07, 6.45) is 0. The van der Waals surface area contributed by atoms with Gasteiger partial charge in [0.25, 0.3) is 0 Å². The topological polar surface area (TPSA) is 49.6 Å². The smallest absolute Gasteiger partial charge is 0.160 e. The highest BCUT2D eigenvalue weighted by Gasteiger charge is 2.09. The van der Waals surface area contributed by atoms with Crippen LogP contribution in [-0.2, 0) is 0 Å². The van der Waals surface area contributed by atoms with Crippen molar-refractivity contribution in [3.8, 4) is 17.5 Å². The van der Waals surface area contributed by atoms with Crippen LogP contribution in [0.1, 0.15) is 22.5 Å². The summed E-state index contributed by atoms with van der Waals surface area (Å²) in [7, 11) is 0. The van der Waals surface area contributed by atoms with Crippen LogP contribution < -0.4 is 0 Å². The first-order valence-corrected chi connectivity index (χ1v) is 5.45. The molecule has 0 radical (unpaired) electrons. The molecule has 2 aromatic rings. The third kappa shape index (κ3) is 2.02. The van der Waals surface area contributed by atoms with Crippen LogP contribution in [0.2, 0.25) is 0 Å². The monoisotopic (exact) mass is 223 g/mol. The van der Waals surface area contributed by atoms with Crippen molar-refractivity contribution in [3.63, 3.8) is 0 Å². The molecular formula is C14H13N3. The Bertz CT molecular complexity index is 586. The van der Waals surface area contributed by atoms with Crippen LogP contribution in [-0.4, -0.2) is 9.97 Å². The molecule has 0 saturated carbocycles. The highest BCUT2D eigenvalue weighted by molar-refractivity contribution is 5.64. The normalized spacial score (nSPS) is 10.0. The summed E-state index contributed by atoms with van der Waals surface area (Å²) < 4.78 is 0. The van der Waals surface area contributed by atoms with Crippen molar-refractivity contribution in [1.82, 2.24) is 9.97 Å². The van der Waals surface area contributed by atoms with Crippen molar-refractivity contribution < 1.29 is 0 Å². The molecule has 0 saturated heterocycles. The van der Waals surface area contributed by atoms with Gasteiger partial charge >= 0.3 is 0 Å². The Morgan fingerprint density at radius 2 is 1.59 bits per heavy atom. The first-order chi connectivity index (χ1) is 8.13. The number of benzene rings is 1. The van der Waals surface area contributed by atoms with Crippen LogP contribution in [0.25, 0.3) is 11.4 Å². The zero-order chi connectivity index (χ0) is 12.4. The second-order valence-electron chi connectivity index (χ2n) is 4.00. The minimum absolute atomic E-state index is 0.607. The Hall–Kier alpha value is -2.21. The van der Waals surface area contributed by atoms with E-state index in [0.29, 0.717) is 11.4 Å². The zero-order valence-electron chi connectivity index (χ0n) is 10.2. The Morgan fingerprint density at radius 1 is 1.00 bits per heavy atom. The van der Waals surface area contributed by atoms with Gasteiger partial charge in [-0.2, -0.15) is 5.26 Å².